The highest BCUT2D eigenvalue weighted by atomic mass is 79.9. The largest absolute Gasteiger partial charge is 0.367 e. The minimum Gasteiger partial charge on any atom is -0.367 e. The number of nitrogens with one attached hydrogen (secondary N) is 1. The van der Waals surface area contributed by atoms with Crippen molar-refractivity contribution in [3.8, 4) is 11.3 Å². The molecular weight excluding hydrogens is 484 g/mol. The van der Waals surface area contributed by atoms with Gasteiger partial charge >= 0.3 is 0 Å². The molecule has 2 aromatic carbocycles. The molecule has 0 saturated carbocycles. The van der Waals surface area contributed by atoms with Gasteiger partial charge in [0.25, 0.3) is 0 Å². The van der Waals surface area contributed by atoms with Gasteiger partial charge in [-0.2, -0.15) is 9.61 Å². The lowest BCUT2D eigenvalue weighted by Gasteiger charge is -2.33. The summed E-state index contributed by atoms with van der Waals surface area (Å²) < 4.78 is 2.90. The van der Waals surface area contributed by atoms with Crippen LogP contribution in [0.2, 0.25) is 5.02 Å². The second kappa shape index (κ2) is 9.26. The van der Waals surface area contributed by atoms with Gasteiger partial charge in [0, 0.05) is 53.0 Å². The van der Waals surface area contributed by atoms with E-state index in [1.165, 1.54) is 5.56 Å². The standard InChI is InChI=1S/C24H22BBrClN5/c25-20-14-28-32-23(13-22(30-24(20)32)19-3-1-2-4-21(19)27)29-18-9-11-31(12-10-18)15-16-5-7-17(26)8-6-16/h1-8,13-14,18,29H,9-12,15H2. The zero-order valence-electron chi connectivity index (χ0n) is 17.5. The topological polar surface area (TPSA) is 45.5 Å². The van der Waals surface area contributed by atoms with Crippen LogP contribution in [-0.2, 0) is 6.54 Å². The molecule has 160 valence electrons. The molecular formula is C24H22BBrClN5. The summed E-state index contributed by atoms with van der Waals surface area (Å²) in [6.45, 7) is 3.06. The number of fused-ring (bicyclic) bond motifs is 1. The van der Waals surface area contributed by atoms with Gasteiger partial charge in [-0.15, -0.1) is 0 Å². The quantitative estimate of drug-likeness (QED) is 0.399. The van der Waals surface area contributed by atoms with Crippen LogP contribution in [0.25, 0.3) is 16.9 Å². The van der Waals surface area contributed by atoms with Crippen LogP contribution in [0.15, 0.2) is 65.3 Å². The van der Waals surface area contributed by atoms with E-state index < -0.39 is 0 Å². The molecule has 1 aliphatic rings. The molecule has 1 N–H and O–H groups in total. The highest BCUT2D eigenvalue weighted by Gasteiger charge is 2.21. The average molecular weight is 507 g/mol. The monoisotopic (exact) mass is 505 g/mol. The van der Waals surface area contributed by atoms with E-state index in [9.17, 15) is 0 Å². The lowest BCUT2D eigenvalue weighted by Crippen LogP contribution is -2.39. The van der Waals surface area contributed by atoms with Crippen LogP contribution in [0.4, 0.5) is 5.82 Å². The first-order valence-corrected chi connectivity index (χ1v) is 11.9. The molecule has 0 amide bonds. The number of hydrogen-bond donors (Lipinski definition) is 1. The van der Waals surface area contributed by atoms with Gasteiger partial charge in [-0.1, -0.05) is 57.9 Å². The average Bonchev–Trinajstić information content (AvgIpc) is 3.18. The van der Waals surface area contributed by atoms with Crippen LogP contribution < -0.4 is 10.8 Å². The minimum absolute atomic E-state index is 0.353. The summed E-state index contributed by atoms with van der Waals surface area (Å²) in [5, 5.41) is 8.79. The third-order valence-corrected chi connectivity index (χ3v) is 6.77. The number of rotatable bonds is 5. The molecule has 0 spiro atoms. The van der Waals surface area contributed by atoms with Gasteiger partial charge < -0.3 is 5.32 Å². The Labute approximate surface area is 202 Å². The van der Waals surface area contributed by atoms with Crippen LogP contribution in [0.5, 0.6) is 0 Å². The zero-order valence-corrected chi connectivity index (χ0v) is 19.9. The fraction of sp³-hybridized carbons (Fsp3) is 0.250. The van der Waals surface area contributed by atoms with E-state index in [4.69, 9.17) is 24.4 Å². The Morgan fingerprint density at radius 1 is 1.09 bits per heavy atom. The lowest BCUT2D eigenvalue weighted by atomic mass is 10.0. The van der Waals surface area contributed by atoms with Gasteiger partial charge in [-0.3, -0.25) is 4.90 Å². The molecule has 0 aliphatic carbocycles. The van der Waals surface area contributed by atoms with Gasteiger partial charge in [0.1, 0.15) is 13.7 Å². The van der Waals surface area contributed by atoms with Gasteiger partial charge in [0.05, 0.1) is 5.69 Å². The molecule has 5 rings (SSSR count). The summed E-state index contributed by atoms with van der Waals surface area (Å²) in [4.78, 5) is 7.23. The van der Waals surface area contributed by atoms with E-state index >= 15 is 0 Å². The molecule has 0 bridgehead atoms. The Kier molecular flexibility index (Phi) is 6.22. The lowest BCUT2D eigenvalue weighted by molar-refractivity contribution is 0.211. The second-order valence-electron chi connectivity index (χ2n) is 8.16. The molecule has 1 saturated heterocycles. The molecule has 32 heavy (non-hydrogen) atoms. The van der Waals surface area contributed by atoms with Crippen molar-refractivity contribution >= 4 is 52.3 Å². The number of anilines is 1. The summed E-state index contributed by atoms with van der Waals surface area (Å²) >= 11 is 9.94. The van der Waals surface area contributed by atoms with E-state index in [0.717, 1.165) is 54.0 Å². The van der Waals surface area contributed by atoms with E-state index in [2.05, 4.69) is 55.5 Å². The fourth-order valence-corrected chi connectivity index (χ4v) is 4.68. The van der Waals surface area contributed by atoms with E-state index in [1.807, 2.05) is 30.3 Å². The predicted molar refractivity (Wildman–Crippen MR) is 135 cm³/mol. The van der Waals surface area contributed by atoms with Crippen molar-refractivity contribution in [1.29, 1.82) is 0 Å². The molecule has 1 fully saturated rings. The summed E-state index contributed by atoms with van der Waals surface area (Å²) in [7, 11) is 6.15. The Morgan fingerprint density at radius 2 is 1.84 bits per heavy atom. The highest BCUT2D eigenvalue weighted by Crippen LogP contribution is 2.29. The van der Waals surface area contributed by atoms with Crippen molar-refractivity contribution in [2.24, 2.45) is 0 Å². The first kappa shape index (κ1) is 21.5. The maximum absolute atomic E-state index is 6.44. The SMILES string of the molecule is [B]c1cnn2c(NC3CCN(Cc4ccc(Br)cc4)CC3)cc(-c3ccccc3Cl)nc12. The van der Waals surface area contributed by atoms with Crippen molar-refractivity contribution in [1.82, 2.24) is 19.5 Å². The Bertz CT molecular complexity index is 1240. The predicted octanol–water partition coefficient (Wildman–Crippen LogP) is 4.68. The molecule has 2 aromatic heterocycles. The summed E-state index contributed by atoms with van der Waals surface area (Å²) in [5.74, 6) is 0.882. The zero-order chi connectivity index (χ0) is 22.1. The molecule has 4 aromatic rings. The summed E-state index contributed by atoms with van der Waals surface area (Å²) in [6, 6.07) is 18.6. The normalized spacial score (nSPS) is 15.3. The molecule has 5 nitrogen and oxygen atoms in total. The van der Waals surface area contributed by atoms with E-state index in [1.54, 1.807) is 10.7 Å². The van der Waals surface area contributed by atoms with Gasteiger partial charge in [0.15, 0.2) is 5.65 Å². The van der Waals surface area contributed by atoms with Crippen molar-refractivity contribution in [2.75, 3.05) is 18.4 Å². The molecule has 0 unspecified atom stereocenters. The third-order valence-electron chi connectivity index (χ3n) is 5.91. The number of piperidine rings is 1. The first-order valence-electron chi connectivity index (χ1n) is 10.7. The summed E-state index contributed by atoms with van der Waals surface area (Å²) in [6.07, 6.45) is 3.75. The molecule has 2 radical (unpaired) electrons. The van der Waals surface area contributed by atoms with Crippen LogP contribution in [0.1, 0.15) is 18.4 Å². The van der Waals surface area contributed by atoms with Crippen molar-refractivity contribution in [3.05, 3.63) is 75.9 Å². The van der Waals surface area contributed by atoms with Crippen LogP contribution in [0, 0.1) is 0 Å². The highest BCUT2D eigenvalue weighted by molar-refractivity contribution is 9.10. The van der Waals surface area contributed by atoms with Gasteiger partial charge in [-0.25, -0.2) is 4.98 Å². The number of nitrogens with zero attached hydrogens (tertiary/aromatic N) is 4. The molecule has 8 heteroatoms. The third kappa shape index (κ3) is 4.56. The Hall–Kier alpha value is -2.35. The smallest absolute Gasteiger partial charge is 0.150 e. The number of aromatic nitrogens is 3. The van der Waals surface area contributed by atoms with Crippen LogP contribution >= 0.6 is 27.5 Å². The number of benzene rings is 2. The van der Waals surface area contributed by atoms with E-state index in [-0.39, 0.29) is 0 Å². The number of hydrogen-bond acceptors (Lipinski definition) is 4. The molecule has 3 heterocycles. The minimum atomic E-state index is 0.353. The van der Waals surface area contributed by atoms with Crippen molar-refractivity contribution in [3.63, 3.8) is 0 Å². The van der Waals surface area contributed by atoms with Gasteiger partial charge in [0.2, 0.25) is 0 Å². The maximum Gasteiger partial charge on any atom is 0.150 e. The van der Waals surface area contributed by atoms with Crippen LogP contribution in [0.3, 0.4) is 0 Å². The number of halogens is 2. The number of likely N-dealkylation sites (tertiary alicyclic amines) is 1. The summed E-state index contributed by atoms with van der Waals surface area (Å²) in [5.41, 5.74) is 4.19. The van der Waals surface area contributed by atoms with Crippen molar-refractivity contribution in [2.45, 2.75) is 25.4 Å². The van der Waals surface area contributed by atoms with Crippen molar-refractivity contribution < 1.29 is 0 Å². The Balaban J connectivity index is 1.33. The first-order chi connectivity index (χ1) is 15.6. The second-order valence-corrected chi connectivity index (χ2v) is 9.49. The Morgan fingerprint density at radius 3 is 2.59 bits per heavy atom. The molecule has 1 aliphatic heterocycles. The van der Waals surface area contributed by atoms with Crippen LogP contribution in [-0.4, -0.2) is 46.5 Å². The molecule has 0 atom stereocenters. The maximum atomic E-state index is 6.44. The van der Waals surface area contributed by atoms with E-state index in [0.29, 0.717) is 22.2 Å². The van der Waals surface area contributed by atoms with Gasteiger partial charge in [-0.05, 0) is 42.1 Å². The fourth-order valence-electron chi connectivity index (χ4n) is 4.18.